The lowest BCUT2D eigenvalue weighted by atomic mass is 10.0. The Bertz CT molecular complexity index is 422. The molecule has 1 aromatic carbocycles. The maximum Gasteiger partial charge on any atom is 0.236 e. The fraction of sp³-hybridized carbons (Fsp3) is 0.500. The number of rotatable bonds is 4. The number of likely N-dealkylation sites (tertiary alicyclic amines) is 1. The van der Waals surface area contributed by atoms with Crippen molar-refractivity contribution in [3.05, 3.63) is 35.6 Å². The molecule has 1 heterocycles. The molecule has 3 nitrogen and oxygen atoms in total. The number of amides is 1. The van der Waals surface area contributed by atoms with Crippen molar-refractivity contribution in [1.29, 1.82) is 0 Å². The van der Waals surface area contributed by atoms with Gasteiger partial charge in [0, 0.05) is 12.6 Å². The van der Waals surface area contributed by atoms with Crippen LogP contribution in [0, 0.1) is 5.82 Å². The zero-order chi connectivity index (χ0) is 13.0. The van der Waals surface area contributed by atoms with E-state index in [1.165, 1.54) is 6.07 Å². The molecule has 2 rings (SSSR count). The van der Waals surface area contributed by atoms with E-state index in [9.17, 15) is 9.18 Å². The number of carbonyl (C=O) groups excluding carboxylic acids is 1. The molecule has 1 aliphatic heterocycles. The second kappa shape index (κ2) is 5.96. The predicted octanol–water partition coefficient (Wildman–Crippen LogP) is 1.58. The van der Waals surface area contributed by atoms with Crippen LogP contribution in [0.3, 0.4) is 0 Å². The Labute approximate surface area is 107 Å². The minimum atomic E-state index is -0.210. The predicted molar refractivity (Wildman–Crippen MR) is 68.8 cm³/mol. The van der Waals surface area contributed by atoms with Crippen LogP contribution in [-0.2, 0) is 11.2 Å². The summed E-state index contributed by atoms with van der Waals surface area (Å²) in [5, 5.41) is 2.89. The summed E-state index contributed by atoms with van der Waals surface area (Å²) < 4.78 is 13.1. The van der Waals surface area contributed by atoms with Crippen LogP contribution in [0.15, 0.2) is 24.3 Å². The minimum Gasteiger partial charge on any atom is -0.338 e. The van der Waals surface area contributed by atoms with Crippen molar-refractivity contribution in [3.63, 3.8) is 0 Å². The van der Waals surface area contributed by atoms with Crippen molar-refractivity contribution < 1.29 is 9.18 Å². The summed E-state index contributed by atoms with van der Waals surface area (Å²) in [4.78, 5) is 13.8. The highest BCUT2D eigenvalue weighted by Gasteiger charge is 2.28. The number of nitrogens with one attached hydrogen (secondary N) is 1. The van der Waals surface area contributed by atoms with Gasteiger partial charge in [0.2, 0.25) is 5.91 Å². The number of hydrogen-bond acceptors (Lipinski definition) is 2. The molecule has 4 heteroatoms. The standard InChI is InChI=1S/C14H19FN2O/c1-16-10-14(18)17-7-3-6-13(17)9-11-4-2-5-12(15)8-11/h2,4-5,8,13,16H,3,6-7,9-10H2,1H3/t13-/m1/s1. The molecule has 1 fully saturated rings. The van der Waals surface area contributed by atoms with Gasteiger partial charge in [-0.05, 0) is 44.0 Å². The largest absolute Gasteiger partial charge is 0.338 e. The molecule has 1 amide bonds. The van der Waals surface area contributed by atoms with E-state index < -0.39 is 0 Å². The lowest BCUT2D eigenvalue weighted by Gasteiger charge is -2.24. The fourth-order valence-electron chi connectivity index (χ4n) is 2.57. The summed E-state index contributed by atoms with van der Waals surface area (Å²) >= 11 is 0. The number of hydrogen-bond donors (Lipinski definition) is 1. The normalized spacial score (nSPS) is 19.2. The molecular weight excluding hydrogens is 231 g/mol. The van der Waals surface area contributed by atoms with Gasteiger partial charge in [-0.25, -0.2) is 4.39 Å². The van der Waals surface area contributed by atoms with E-state index in [0.717, 1.165) is 31.4 Å². The van der Waals surface area contributed by atoms with E-state index in [2.05, 4.69) is 5.32 Å². The maximum atomic E-state index is 13.1. The van der Waals surface area contributed by atoms with Crippen LogP contribution in [0.5, 0.6) is 0 Å². The van der Waals surface area contributed by atoms with Crippen LogP contribution in [0.1, 0.15) is 18.4 Å². The topological polar surface area (TPSA) is 32.3 Å². The minimum absolute atomic E-state index is 0.136. The molecule has 0 spiro atoms. The summed E-state index contributed by atoms with van der Waals surface area (Å²) in [6.07, 6.45) is 2.79. The molecular formula is C14H19FN2O. The van der Waals surface area contributed by atoms with Gasteiger partial charge in [-0.1, -0.05) is 12.1 Å². The van der Waals surface area contributed by atoms with Crippen LogP contribution in [0.4, 0.5) is 4.39 Å². The second-order valence-corrected chi connectivity index (χ2v) is 4.75. The molecule has 0 saturated carbocycles. The van der Waals surface area contributed by atoms with Crippen molar-refractivity contribution >= 4 is 5.91 Å². The monoisotopic (exact) mass is 250 g/mol. The van der Waals surface area contributed by atoms with E-state index in [-0.39, 0.29) is 17.8 Å². The van der Waals surface area contributed by atoms with Gasteiger partial charge in [0.25, 0.3) is 0 Å². The Hall–Kier alpha value is -1.42. The Kier molecular flexibility index (Phi) is 4.31. The van der Waals surface area contributed by atoms with Gasteiger partial charge in [-0.2, -0.15) is 0 Å². The summed E-state index contributed by atoms with van der Waals surface area (Å²) in [5.74, 6) is -0.0741. The van der Waals surface area contributed by atoms with Gasteiger partial charge in [-0.3, -0.25) is 4.79 Å². The Morgan fingerprint density at radius 2 is 2.39 bits per heavy atom. The Balaban J connectivity index is 2.01. The third kappa shape index (κ3) is 3.07. The quantitative estimate of drug-likeness (QED) is 0.880. The van der Waals surface area contributed by atoms with E-state index in [1.807, 2.05) is 11.0 Å². The van der Waals surface area contributed by atoms with Gasteiger partial charge >= 0.3 is 0 Å². The molecule has 0 aromatic heterocycles. The lowest BCUT2D eigenvalue weighted by molar-refractivity contribution is -0.130. The molecule has 1 N–H and O–H groups in total. The summed E-state index contributed by atoms with van der Waals surface area (Å²) in [7, 11) is 1.77. The van der Waals surface area contributed by atoms with Crippen LogP contribution in [0.2, 0.25) is 0 Å². The van der Waals surface area contributed by atoms with Gasteiger partial charge in [0.05, 0.1) is 6.54 Å². The Morgan fingerprint density at radius 1 is 1.56 bits per heavy atom. The zero-order valence-corrected chi connectivity index (χ0v) is 10.7. The molecule has 1 aliphatic rings. The van der Waals surface area contributed by atoms with Gasteiger partial charge in [0.1, 0.15) is 5.82 Å². The van der Waals surface area contributed by atoms with Crippen LogP contribution < -0.4 is 5.32 Å². The molecule has 1 saturated heterocycles. The molecule has 18 heavy (non-hydrogen) atoms. The average Bonchev–Trinajstić information content (AvgIpc) is 2.77. The van der Waals surface area contributed by atoms with Crippen molar-refractivity contribution in [2.45, 2.75) is 25.3 Å². The highest BCUT2D eigenvalue weighted by atomic mass is 19.1. The van der Waals surface area contributed by atoms with Gasteiger partial charge in [0.15, 0.2) is 0 Å². The van der Waals surface area contributed by atoms with Crippen LogP contribution in [0.25, 0.3) is 0 Å². The third-order valence-corrected chi connectivity index (χ3v) is 3.39. The number of benzene rings is 1. The van der Waals surface area contributed by atoms with E-state index >= 15 is 0 Å². The molecule has 1 atom stereocenters. The zero-order valence-electron chi connectivity index (χ0n) is 10.7. The second-order valence-electron chi connectivity index (χ2n) is 4.75. The van der Waals surface area contributed by atoms with Gasteiger partial charge < -0.3 is 10.2 Å². The lowest BCUT2D eigenvalue weighted by Crippen LogP contribution is -2.41. The van der Waals surface area contributed by atoms with Crippen molar-refractivity contribution in [2.24, 2.45) is 0 Å². The summed E-state index contributed by atoms with van der Waals surface area (Å²) in [5.41, 5.74) is 0.962. The van der Waals surface area contributed by atoms with E-state index in [1.54, 1.807) is 19.2 Å². The number of likely N-dealkylation sites (N-methyl/N-ethyl adjacent to an activating group) is 1. The first kappa shape index (κ1) is 13.0. The first-order chi connectivity index (χ1) is 8.70. The maximum absolute atomic E-state index is 13.1. The molecule has 0 bridgehead atoms. The summed E-state index contributed by atoms with van der Waals surface area (Å²) in [6.45, 7) is 1.19. The third-order valence-electron chi connectivity index (χ3n) is 3.39. The fourth-order valence-corrected chi connectivity index (χ4v) is 2.57. The molecule has 0 radical (unpaired) electrons. The highest BCUT2D eigenvalue weighted by Crippen LogP contribution is 2.21. The molecule has 0 aliphatic carbocycles. The molecule has 98 valence electrons. The van der Waals surface area contributed by atoms with Crippen LogP contribution >= 0.6 is 0 Å². The van der Waals surface area contributed by atoms with Gasteiger partial charge in [-0.15, -0.1) is 0 Å². The van der Waals surface area contributed by atoms with Crippen molar-refractivity contribution in [3.8, 4) is 0 Å². The summed E-state index contributed by atoms with van der Waals surface area (Å²) in [6, 6.07) is 6.86. The molecule has 1 aromatic rings. The smallest absolute Gasteiger partial charge is 0.236 e. The SMILES string of the molecule is CNCC(=O)N1CCC[C@@H]1Cc1cccc(F)c1. The Morgan fingerprint density at radius 3 is 3.11 bits per heavy atom. The number of nitrogens with zero attached hydrogens (tertiary/aromatic N) is 1. The van der Waals surface area contributed by atoms with Crippen molar-refractivity contribution in [1.82, 2.24) is 10.2 Å². The van der Waals surface area contributed by atoms with Crippen LogP contribution in [-0.4, -0.2) is 37.0 Å². The number of halogens is 1. The highest BCUT2D eigenvalue weighted by molar-refractivity contribution is 5.78. The molecule has 0 unspecified atom stereocenters. The van der Waals surface area contributed by atoms with Crippen molar-refractivity contribution in [2.75, 3.05) is 20.1 Å². The first-order valence-corrected chi connectivity index (χ1v) is 6.39. The average molecular weight is 250 g/mol. The number of carbonyl (C=O) groups is 1. The van der Waals surface area contributed by atoms with E-state index in [4.69, 9.17) is 0 Å². The first-order valence-electron chi connectivity index (χ1n) is 6.39. The van der Waals surface area contributed by atoms with E-state index in [0.29, 0.717) is 6.54 Å².